The highest BCUT2D eigenvalue weighted by Crippen LogP contribution is 2.34. The molecule has 2 rings (SSSR count). The van der Waals surface area contributed by atoms with E-state index in [-0.39, 0.29) is 18.9 Å². The molecule has 1 aromatic carbocycles. The van der Waals surface area contributed by atoms with Crippen molar-refractivity contribution >= 4 is 0 Å². The molecule has 0 fully saturated rings. The molecule has 0 bridgehead atoms. The molecule has 0 saturated carbocycles. The molecule has 0 spiro atoms. The van der Waals surface area contributed by atoms with Crippen molar-refractivity contribution in [3.8, 4) is 11.5 Å². The maximum Gasteiger partial charge on any atom is 0.231 e. The van der Waals surface area contributed by atoms with Crippen molar-refractivity contribution in [3.63, 3.8) is 0 Å². The first kappa shape index (κ1) is 9.30. The van der Waals surface area contributed by atoms with Crippen LogP contribution in [-0.2, 0) is 0 Å². The minimum atomic E-state index is -0.163. The summed E-state index contributed by atoms with van der Waals surface area (Å²) in [4.78, 5) is 0. The van der Waals surface area contributed by atoms with Gasteiger partial charge in [-0.05, 0) is 24.6 Å². The van der Waals surface area contributed by atoms with Crippen molar-refractivity contribution in [2.45, 2.75) is 19.0 Å². The van der Waals surface area contributed by atoms with Crippen molar-refractivity contribution in [1.82, 2.24) is 0 Å². The second-order valence-corrected chi connectivity index (χ2v) is 3.50. The molecule has 1 aliphatic rings. The maximum atomic E-state index is 5.91. The van der Waals surface area contributed by atoms with E-state index in [0.29, 0.717) is 0 Å². The van der Waals surface area contributed by atoms with Crippen LogP contribution >= 0.6 is 0 Å². The Morgan fingerprint density at radius 3 is 2.64 bits per heavy atom. The zero-order valence-electron chi connectivity index (χ0n) is 8.07. The van der Waals surface area contributed by atoms with E-state index in [1.807, 2.05) is 25.1 Å². The summed E-state index contributed by atoms with van der Waals surface area (Å²) in [6, 6.07) is 5.43. The number of ether oxygens (including phenoxy) is 2. The van der Waals surface area contributed by atoms with Crippen LogP contribution in [0.1, 0.15) is 18.5 Å². The number of benzene rings is 1. The van der Waals surface area contributed by atoms with Gasteiger partial charge in [0.05, 0.1) is 0 Å². The molecule has 4 nitrogen and oxygen atoms in total. The van der Waals surface area contributed by atoms with Crippen LogP contribution in [-0.4, -0.2) is 12.8 Å². The second kappa shape index (κ2) is 3.48. The van der Waals surface area contributed by atoms with Crippen molar-refractivity contribution in [1.29, 1.82) is 0 Å². The van der Waals surface area contributed by atoms with E-state index in [1.54, 1.807) is 0 Å². The Hall–Kier alpha value is -1.26. The molecule has 0 aromatic heterocycles. The van der Waals surface area contributed by atoms with Gasteiger partial charge in [-0.1, -0.05) is 6.07 Å². The van der Waals surface area contributed by atoms with Crippen molar-refractivity contribution < 1.29 is 9.47 Å². The lowest BCUT2D eigenvalue weighted by Gasteiger charge is -2.16. The number of nitrogens with two attached hydrogens (primary N) is 2. The molecule has 0 radical (unpaired) electrons. The molecule has 2 unspecified atom stereocenters. The van der Waals surface area contributed by atoms with Crippen LogP contribution in [0, 0.1) is 0 Å². The number of fused-ring (bicyclic) bond motifs is 1. The first-order valence-corrected chi connectivity index (χ1v) is 4.59. The van der Waals surface area contributed by atoms with Gasteiger partial charge in [0.1, 0.15) is 0 Å². The van der Waals surface area contributed by atoms with E-state index in [1.165, 1.54) is 0 Å². The summed E-state index contributed by atoms with van der Waals surface area (Å²) in [6.07, 6.45) is 0. The number of hydrogen-bond acceptors (Lipinski definition) is 4. The molecule has 1 aliphatic heterocycles. The molecule has 14 heavy (non-hydrogen) atoms. The molecule has 0 saturated heterocycles. The van der Waals surface area contributed by atoms with E-state index in [4.69, 9.17) is 20.9 Å². The molecule has 76 valence electrons. The van der Waals surface area contributed by atoms with Crippen LogP contribution in [0.2, 0.25) is 0 Å². The Morgan fingerprint density at radius 1 is 1.21 bits per heavy atom. The highest BCUT2D eigenvalue weighted by molar-refractivity contribution is 5.45. The van der Waals surface area contributed by atoms with E-state index in [9.17, 15) is 0 Å². The average molecular weight is 194 g/mol. The summed E-state index contributed by atoms with van der Waals surface area (Å²) in [7, 11) is 0. The maximum absolute atomic E-state index is 5.91. The van der Waals surface area contributed by atoms with E-state index in [0.717, 1.165) is 17.1 Å². The first-order chi connectivity index (χ1) is 6.68. The van der Waals surface area contributed by atoms with Gasteiger partial charge >= 0.3 is 0 Å². The fourth-order valence-electron chi connectivity index (χ4n) is 1.42. The summed E-state index contributed by atoms with van der Waals surface area (Å²) in [6.45, 7) is 2.17. The molecule has 0 amide bonds. The van der Waals surface area contributed by atoms with E-state index < -0.39 is 0 Å². The molecule has 1 aromatic rings. The Morgan fingerprint density at radius 2 is 1.93 bits per heavy atom. The lowest BCUT2D eigenvalue weighted by Crippen LogP contribution is -2.30. The van der Waals surface area contributed by atoms with Gasteiger partial charge in [-0.15, -0.1) is 0 Å². The van der Waals surface area contributed by atoms with Crippen LogP contribution in [0.5, 0.6) is 11.5 Å². The SMILES string of the molecule is CC(N)C(N)c1ccc2c(c1)OCO2. The van der Waals surface area contributed by atoms with Crippen molar-refractivity contribution in [3.05, 3.63) is 23.8 Å². The van der Waals surface area contributed by atoms with Gasteiger partial charge in [0.15, 0.2) is 11.5 Å². The van der Waals surface area contributed by atoms with Gasteiger partial charge < -0.3 is 20.9 Å². The number of rotatable bonds is 2. The zero-order valence-corrected chi connectivity index (χ0v) is 8.07. The summed E-state index contributed by atoms with van der Waals surface area (Å²) in [5.41, 5.74) is 12.6. The van der Waals surface area contributed by atoms with Gasteiger partial charge in [0, 0.05) is 12.1 Å². The highest BCUT2D eigenvalue weighted by Gasteiger charge is 2.17. The topological polar surface area (TPSA) is 70.5 Å². The summed E-state index contributed by atoms with van der Waals surface area (Å²) in [5, 5.41) is 0. The molecular weight excluding hydrogens is 180 g/mol. The third kappa shape index (κ3) is 1.54. The standard InChI is InChI=1S/C10H14N2O2/c1-6(11)10(12)7-2-3-8-9(4-7)14-5-13-8/h2-4,6,10H,5,11-12H2,1H3. The molecule has 1 heterocycles. The molecular formula is C10H14N2O2. The fraction of sp³-hybridized carbons (Fsp3) is 0.400. The third-order valence-electron chi connectivity index (χ3n) is 2.35. The van der Waals surface area contributed by atoms with Crippen LogP contribution < -0.4 is 20.9 Å². The van der Waals surface area contributed by atoms with Gasteiger partial charge in [-0.3, -0.25) is 0 Å². The summed E-state index contributed by atoms with van der Waals surface area (Å²) >= 11 is 0. The quantitative estimate of drug-likeness (QED) is 0.729. The van der Waals surface area contributed by atoms with Crippen LogP contribution in [0.4, 0.5) is 0 Å². The lowest BCUT2D eigenvalue weighted by atomic mass is 10.0. The average Bonchev–Trinajstić information content (AvgIpc) is 2.62. The largest absolute Gasteiger partial charge is 0.454 e. The number of hydrogen-bond donors (Lipinski definition) is 2. The first-order valence-electron chi connectivity index (χ1n) is 4.59. The monoisotopic (exact) mass is 194 g/mol. The molecule has 2 atom stereocenters. The van der Waals surface area contributed by atoms with Crippen LogP contribution in [0.15, 0.2) is 18.2 Å². The Bertz CT molecular complexity index is 339. The predicted molar refractivity (Wildman–Crippen MR) is 53.1 cm³/mol. The van der Waals surface area contributed by atoms with E-state index in [2.05, 4.69) is 0 Å². The summed E-state index contributed by atoms with van der Waals surface area (Å²) in [5.74, 6) is 1.52. The van der Waals surface area contributed by atoms with Crippen molar-refractivity contribution in [2.75, 3.05) is 6.79 Å². The zero-order chi connectivity index (χ0) is 10.1. The Balaban J connectivity index is 2.28. The van der Waals surface area contributed by atoms with Gasteiger partial charge in [0.2, 0.25) is 6.79 Å². The lowest BCUT2D eigenvalue weighted by molar-refractivity contribution is 0.174. The van der Waals surface area contributed by atoms with Gasteiger partial charge in [-0.2, -0.15) is 0 Å². The highest BCUT2D eigenvalue weighted by atomic mass is 16.7. The van der Waals surface area contributed by atoms with Crippen molar-refractivity contribution in [2.24, 2.45) is 11.5 Å². The smallest absolute Gasteiger partial charge is 0.231 e. The van der Waals surface area contributed by atoms with Gasteiger partial charge in [0.25, 0.3) is 0 Å². The van der Waals surface area contributed by atoms with Crippen LogP contribution in [0.25, 0.3) is 0 Å². The normalized spacial score (nSPS) is 17.9. The van der Waals surface area contributed by atoms with Gasteiger partial charge in [-0.25, -0.2) is 0 Å². The summed E-state index contributed by atoms with van der Waals surface area (Å²) < 4.78 is 10.4. The fourth-order valence-corrected chi connectivity index (χ4v) is 1.42. The Kier molecular flexibility index (Phi) is 2.31. The predicted octanol–water partition coefficient (Wildman–Crippen LogP) is 0.762. The second-order valence-electron chi connectivity index (χ2n) is 3.50. The van der Waals surface area contributed by atoms with E-state index >= 15 is 0 Å². The molecule has 4 N–H and O–H groups in total. The minimum Gasteiger partial charge on any atom is -0.454 e. The molecule has 0 aliphatic carbocycles. The third-order valence-corrected chi connectivity index (χ3v) is 2.35. The molecule has 4 heteroatoms. The Labute approximate surface area is 82.8 Å². The van der Waals surface area contributed by atoms with Crippen LogP contribution in [0.3, 0.4) is 0 Å². The minimum absolute atomic E-state index is 0.0737.